The fourth-order valence-corrected chi connectivity index (χ4v) is 1.20. The van der Waals surface area contributed by atoms with E-state index in [1.165, 1.54) is 11.1 Å². The molecule has 62 valence electrons. The first-order valence-electron chi connectivity index (χ1n) is 3.21. The van der Waals surface area contributed by atoms with Gasteiger partial charge in [-0.15, -0.1) is 0 Å². The molecule has 0 spiro atoms. The first-order chi connectivity index (χ1) is 4.47. The van der Waals surface area contributed by atoms with E-state index in [0.29, 0.717) is 0 Å². The van der Waals surface area contributed by atoms with Crippen molar-refractivity contribution in [3.8, 4) is 0 Å². The molecule has 1 aromatic rings. The van der Waals surface area contributed by atoms with Crippen molar-refractivity contribution in [3.05, 3.63) is 41.5 Å². The Balaban J connectivity index is 0. The van der Waals surface area contributed by atoms with Gasteiger partial charge in [0.1, 0.15) is 0 Å². The second kappa shape index (κ2) is 6.89. The summed E-state index contributed by atoms with van der Waals surface area (Å²) < 4.78 is 0. The van der Waals surface area contributed by atoms with Gasteiger partial charge in [-0.05, 0) is 17.5 Å². The molecule has 0 amide bonds. The topological polar surface area (TPSA) is 0 Å². The Hall–Kier alpha value is 0.423. The molecular formula is C9H8Cl2Zr. The van der Waals surface area contributed by atoms with E-state index in [4.69, 9.17) is 0 Å². The van der Waals surface area contributed by atoms with Crippen LogP contribution in [-0.4, -0.2) is 0 Å². The monoisotopic (exact) mass is 276 g/mol. The van der Waals surface area contributed by atoms with Gasteiger partial charge >= 0.3 is 26.2 Å². The van der Waals surface area contributed by atoms with Crippen LogP contribution >= 0.6 is 0 Å². The summed E-state index contributed by atoms with van der Waals surface area (Å²) in [6.07, 6.45) is 5.50. The van der Waals surface area contributed by atoms with Crippen LogP contribution < -0.4 is 24.8 Å². The number of fused-ring (bicyclic) bond motifs is 1. The van der Waals surface area contributed by atoms with E-state index in [-0.39, 0.29) is 51.0 Å². The van der Waals surface area contributed by atoms with Crippen LogP contribution in [0, 0.1) is 0 Å². The maximum absolute atomic E-state index is 2.20. The second-order valence-electron chi connectivity index (χ2n) is 2.31. The third kappa shape index (κ3) is 3.05. The standard InChI is InChI=1S/C9H8.2ClH.Zr/c1-2-5-9-7-3-6-8(9)4-1;;;/h1-6H,7H2;2*1H;/q;;;+2/p-2. The van der Waals surface area contributed by atoms with Gasteiger partial charge in [0, 0.05) is 0 Å². The molecule has 0 nitrogen and oxygen atoms in total. The van der Waals surface area contributed by atoms with Crippen LogP contribution in [0.3, 0.4) is 0 Å². The van der Waals surface area contributed by atoms with Crippen LogP contribution in [0.4, 0.5) is 0 Å². The average molecular weight is 278 g/mol. The Kier molecular flexibility index (Phi) is 8.56. The molecule has 3 heteroatoms. The van der Waals surface area contributed by atoms with Crippen molar-refractivity contribution < 1.29 is 51.0 Å². The smallest absolute Gasteiger partial charge is 1.00 e. The molecule has 0 saturated carbocycles. The van der Waals surface area contributed by atoms with Crippen LogP contribution in [0.25, 0.3) is 6.08 Å². The number of benzene rings is 1. The summed E-state index contributed by atoms with van der Waals surface area (Å²) in [4.78, 5) is 0. The van der Waals surface area contributed by atoms with Gasteiger partial charge in [-0.25, -0.2) is 0 Å². The summed E-state index contributed by atoms with van der Waals surface area (Å²) in [7, 11) is 0. The van der Waals surface area contributed by atoms with Crippen LogP contribution in [-0.2, 0) is 32.6 Å². The fourth-order valence-electron chi connectivity index (χ4n) is 1.20. The van der Waals surface area contributed by atoms with Gasteiger partial charge in [-0.1, -0.05) is 36.4 Å². The molecule has 1 aliphatic carbocycles. The van der Waals surface area contributed by atoms with Gasteiger partial charge in [-0.3, -0.25) is 0 Å². The molecule has 0 N–H and O–H groups in total. The van der Waals surface area contributed by atoms with E-state index >= 15 is 0 Å². The van der Waals surface area contributed by atoms with Crippen LogP contribution in [0.2, 0.25) is 0 Å². The van der Waals surface area contributed by atoms with E-state index in [1.807, 2.05) is 0 Å². The zero-order valence-electron chi connectivity index (χ0n) is 6.43. The van der Waals surface area contributed by atoms with Crippen molar-refractivity contribution in [1.29, 1.82) is 0 Å². The summed E-state index contributed by atoms with van der Waals surface area (Å²) in [6, 6.07) is 8.49. The number of hydrogen-bond donors (Lipinski definition) is 0. The van der Waals surface area contributed by atoms with E-state index < -0.39 is 0 Å². The van der Waals surface area contributed by atoms with Crippen molar-refractivity contribution in [2.24, 2.45) is 0 Å². The first-order valence-corrected chi connectivity index (χ1v) is 3.21. The summed E-state index contributed by atoms with van der Waals surface area (Å²) in [5.41, 5.74) is 2.84. The largest absolute Gasteiger partial charge is 2.00 e. The Labute approximate surface area is 104 Å². The van der Waals surface area contributed by atoms with Gasteiger partial charge in [0.2, 0.25) is 0 Å². The SMILES string of the molecule is C1=Cc2ccccc2C1.[Cl-].[Cl-].[Zr+2]. The Morgan fingerprint density at radius 1 is 1.00 bits per heavy atom. The van der Waals surface area contributed by atoms with Crippen molar-refractivity contribution >= 4 is 6.08 Å². The first kappa shape index (κ1) is 14.9. The van der Waals surface area contributed by atoms with Crippen LogP contribution in [0.1, 0.15) is 11.1 Å². The number of halogens is 2. The van der Waals surface area contributed by atoms with Crippen molar-refractivity contribution in [1.82, 2.24) is 0 Å². The Bertz CT molecular complexity index is 258. The van der Waals surface area contributed by atoms with Gasteiger partial charge in [0.25, 0.3) is 0 Å². The molecule has 0 heterocycles. The quantitative estimate of drug-likeness (QED) is 0.458. The number of allylic oxidation sites excluding steroid dienone is 1. The fraction of sp³-hybridized carbons (Fsp3) is 0.111. The molecule has 1 aliphatic rings. The van der Waals surface area contributed by atoms with Crippen molar-refractivity contribution in [3.63, 3.8) is 0 Å². The van der Waals surface area contributed by atoms with Gasteiger partial charge in [0.15, 0.2) is 0 Å². The third-order valence-electron chi connectivity index (χ3n) is 1.69. The molecule has 0 saturated heterocycles. The molecule has 1 aromatic carbocycles. The molecule has 0 radical (unpaired) electrons. The molecule has 0 aromatic heterocycles. The average Bonchev–Trinajstić information content (AvgIpc) is 2.33. The summed E-state index contributed by atoms with van der Waals surface area (Å²) in [5.74, 6) is 0. The van der Waals surface area contributed by atoms with E-state index in [0.717, 1.165) is 6.42 Å². The number of hydrogen-bond acceptors (Lipinski definition) is 0. The summed E-state index contributed by atoms with van der Waals surface area (Å²) in [5, 5.41) is 0. The zero-order valence-corrected chi connectivity index (χ0v) is 10.4. The zero-order chi connectivity index (χ0) is 6.10. The predicted octanol–water partition coefficient (Wildman–Crippen LogP) is -3.74. The molecule has 0 unspecified atom stereocenters. The van der Waals surface area contributed by atoms with Gasteiger partial charge in [0.05, 0.1) is 0 Å². The molecule has 0 atom stereocenters. The molecule has 0 fully saturated rings. The summed E-state index contributed by atoms with van der Waals surface area (Å²) >= 11 is 0. The van der Waals surface area contributed by atoms with Gasteiger partial charge < -0.3 is 24.8 Å². The number of rotatable bonds is 0. The van der Waals surface area contributed by atoms with Crippen LogP contribution in [0.5, 0.6) is 0 Å². The van der Waals surface area contributed by atoms with Crippen molar-refractivity contribution in [2.75, 3.05) is 0 Å². The van der Waals surface area contributed by atoms with Gasteiger partial charge in [-0.2, -0.15) is 0 Å². The maximum Gasteiger partial charge on any atom is 2.00 e. The van der Waals surface area contributed by atoms with Crippen molar-refractivity contribution in [2.45, 2.75) is 6.42 Å². The third-order valence-corrected chi connectivity index (χ3v) is 1.69. The molecule has 12 heavy (non-hydrogen) atoms. The van der Waals surface area contributed by atoms with E-state index in [9.17, 15) is 0 Å². The van der Waals surface area contributed by atoms with E-state index in [1.54, 1.807) is 0 Å². The minimum absolute atomic E-state index is 0. The van der Waals surface area contributed by atoms with Crippen LogP contribution in [0.15, 0.2) is 30.3 Å². The molecule has 0 bridgehead atoms. The molecular weight excluding hydrogens is 270 g/mol. The minimum Gasteiger partial charge on any atom is -1.00 e. The summed E-state index contributed by atoms with van der Waals surface area (Å²) in [6.45, 7) is 0. The molecule has 2 rings (SSSR count). The molecule has 0 aliphatic heterocycles. The maximum atomic E-state index is 2.20. The van der Waals surface area contributed by atoms with E-state index in [2.05, 4.69) is 36.4 Å². The predicted molar refractivity (Wildman–Crippen MR) is 39.2 cm³/mol. The Morgan fingerprint density at radius 2 is 1.67 bits per heavy atom. The normalized spacial score (nSPS) is 10.3. The second-order valence-corrected chi connectivity index (χ2v) is 2.31. The minimum atomic E-state index is 0. The Morgan fingerprint density at radius 3 is 2.33 bits per heavy atom.